The van der Waals surface area contributed by atoms with Crippen molar-refractivity contribution in [2.75, 3.05) is 0 Å². The first-order chi connectivity index (χ1) is 7.29. The number of rotatable bonds is 0. The van der Waals surface area contributed by atoms with Crippen LogP contribution >= 0.6 is 7.53 Å². The van der Waals surface area contributed by atoms with E-state index < -0.39 is 0 Å². The molecule has 1 heteroatoms. The van der Waals surface area contributed by atoms with E-state index in [0.29, 0.717) is 0 Å². The second-order valence-electron chi connectivity index (χ2n) is 4.05. The van der Waals surface area contributed by atoms with Crippen molar-refractivity contribution in [1.82, 2.24) is 0 Å². The molecule has 15 heavy (non-hydrogen) atoms. The van der Waals surface area contributed by atoms with Crippen LogP contribution in [0.15, 0.2) is 42.5 Å². The Kier molecular flexibility index (Phi) is 1.87. The molecule has 74 valence electrons. The molecule has 0 radical (unpaired) electrons. The molecule has 0 bridgehead atoms. The van der Waals surface area contributed by atoms with Crippen molar-refractivity contribution in [1.29, 1.82) is 0 Å². The van der Waals surface area contributed by atoms with Gasteiger partial charge >= 0.3 is 0 Å². The van der Waals surface area contributed by atoms with Gasteiger partial charge in [-0.3, -0.25) is 0 Å². The highest BCUT2D eigenvalue weighted by molar-refractivity contribution is 7.59. The maximum Gasteiger partial charge on any atom is 0.00503 e. The first-order valence-electron chi connectivity index (χ1n) is 5.22. The Labute approximate surface area is 90.6 Å². The fourth-order valence-electron chi connectivity index (χ4n) is 2.44. The van der Waals surface area contributed by atoms with Gasteiger partial charge in [0.2, 0.25) is 0 Å². The fraction of sp³-hybridized carbons (Fsp3) is 0.143. The van der Waals surface area contributed by atoms with E-state index in [1.807, 2.05) is 0 Å². The van der Waals surface area contributed by atoms with Crippen LogP contribution in [-0.4, -0.2) is 0 Å². The minimum atomic E-state index is -0.118. The molecule has 1 aromatic heterocycles. The van der Waals surface area contributed by atoms with E-state index >= 15 is 0 Å². The smallest absolute Gasteiger partial charge is 0.00503 e. The van der Waals surface area contributed by atoms with Gasteiger partial charge in [0, 0.05) is 10.2 Å². The molecule has 0 saturated heterocycles. The molecule has 3 aromatic rings. The summed E-state index contributed by atoms with van der Waals surface area (Å²) in [4.78, 5) is 0. The molecular formula is C14H13P. The van der Waals surface area contributed by atoms with Gasteiger partial charge in [-0.25, -0.2) is 0 Å². The molecule has 0 spiro atoms. The molecule has 0 N–H and O–H groups in total. The molecule has 1 heterocycles. The lowest BCUT2D eigenvalue weighted by atomic mass is 10.1. The monoisotopic (exact) mass is 212 g/mol. The van der Waals surface area contributed by atoms with E-state index in [1.165, 1.54) is 21.5 Å². The quantitative estimate of drug-likeness (QED) is 0.501. The molecule has 0 nitrogen and oxygen atoms in total. The normalized spacial score (nSPS) is 12.5. The van der Waals surface area contributed by atoms with Crippen molar-refractivity contribution in [2.24, 2.45) is 6.66 Å². The van der Waals surface area contributed by atoms with Crippen LogP contribution in [0.4, 0.5) is 0 Å². The van der Waals surface area contributed by atoms with Crippen LogP contribution in [0.2, 0.25) is 0 Å². The Morgan fingerprint density at radius 1 is 0.867 bits per heavy atom. The molecular weight excluding hydrogens is 199 g/mol. The molecule has 3 rings (SSSR count). The Balaban J connectivity index is 2.69. The molecule has 1 atom stereocenters. The van der Waals surface area contributed by atoms with Crippen molar-refractivity contribution in [2.45, 2.75) is 6.92 Å². The summed E-state index contributed by atoms with van der Waals surface area (Å²) < 4.78 is 0. The Hall–Kier alpha value is -1.26. The van der Waals surface area contributed by atoms with E-state index in [0.717, 1.165) is 0 Å². The van der Waals surface area contributed by atoms with Crippen LogP contribution in [0.5, 0.6) is 0 Å². The standard InChI is InChI=1S/C14H13P/c1-10-6-5-8-12-11-7-3-4-9-13(11)15(2)14(10)12/h3-9H,1-2H3. The number of hydrogen-bond donors (Lipinski definition) is 0. The maximum atomic E-state index is 2.37. The number of benzene rings is 2. The molecule has 0 amide bonds. The Morgan fingerprint density at radius 3 is 2.47 bits per heavy atom. The van der Waals surface area contributed by atoms with E-state index in [2.05, 4.69) is 56.1 Å². The van der Waals surface area contributed by atoms with Crippen LogP contribution in [0.25, 0.3) is 21.0 Å². The molecule has 0 aliphatic carbocycles. The van der Waals surface area contributed by atoms with Gasteiger partial charge in [-0.1, -0.05) is 42.5 Å². The molecule has 0 saturated carbocycles. The molecule has 0 fully saturated rings. The molecule has 0 aliphatic rings. The fourth-order valence-corrected chi connectivity index (χ4v) is 4.70. The van der Waals surface area contributed by atoms with Crippen molar-refractivity contribution in [3.05, 3.63) is 48.0 Å². The second-order valence-corrected chi connectivity index (χ2v) is 6.09. The van der Waals surface area contributed by atoms with Crippen LogP contribution in [0, 0.1) is 6.92 Å². The van der Waals surface area contributed by atoms with Gasteiger partial charge in [0.1, 0.15) is 0 Å². The van der Waals surface area contributed by atoms with Gasteiger partial charge in [-0.05, 0) is 29.9 Å². The van der Waals surface area contributed by atoms with Crippen molar-refractivity contribution < 1.29 is 0 Å². The molecule has 1 unspecified atom stereocenters. The predicted octanol–water partition coefficient (Wildman–Crippen LogP) is 4.83. The lowest BCUT2D eigenvalue weighted by Gasteiger charge is -1.97. The summed E-state index contributed by atoms with van der Waals surface area (Å²) >= 11 is 0. The zero-order valence-electron chi connectivity index (χ0n) is 8.99. The zero-order valence-corrected chi connectivity index (χ0v) is 9.88. The number of fused-ring (bicyclic) bond motifs is 3. The summed E-state index contributed by atoms with van der Waals surface area (Å²) in [5.74, 6) is 0. The average Bonchev–Trinajstić information content (AvgIpc) is 2.55. The predicted molar refractivity (Wildman–Crippen MR) is 69.9 cm³/mol. The minimum absolute atomic E-state index is 0.118. The van der Waals surface area contributed by atoms with Gasteiger partial charge in [0.05, 0.1) is 0 Å². The van der Waals surface area contributed by atoms with Crippen molar-refractivity contribution in [3.8, 4) is 0 Å². The van der Waals surface area contributed by atoms with Crippen LogP contribution in [0.3, 0.4) is 0 Å². The number of hydrogen-bond acceptors (Lipinski definition) is 0. The highest BCUT2D eigenvalue weighted by atomic mass is 31.1. The highest BCUT2D eigenvalue weighted by Gasteiger charge is 2.08. The summed E-state index contributed by atoms with van der Waals surface area (Å²) in [5, 5.41) is 6.02. The average molecular weight is 212 g/mol. The van der Waals surface area contributed by atoms with E-state index in [4.69, 9.17) is 0 Å². The molecule has 2 aromatic carbocycles. The van der Waals surface area contributed by atoms with Crippen molar-refractivity contribution in [3.63, 3.8) is 0 Å². The third-order valence-electron chi connectivity index (χ3n) is 3.13. The van der Waals surface area contributed by atoms with Gasteiger partial charge in [0.25, 0.3) is 0 Å². The van der Waals surface area contributed by atoms with E-state index in [1.54, 1.807) is 5.12 Å². The third-order valence-corrected chi connectivity index (χ3v) is 5.51. The summed E-state index contributed by atoms with van der Waals surface area (Å²) in [6, 6.07) is 15.5. The molecule has 0 aliphatic heterocycles. The van der Waals surface area contributed by atoms with Crippen LogP contribution in [0.1, 0.15) is 5.56 Å². The second kappa shape index (κ2) is 3.12. The van der Waals surface area contributed by atoms with Gasteiger partial charge in [-0.2, -0.15) is 0 Å². The van der Waals surface area contributed by atoms with Crippen molar-refractivity contribution >= 4 is 28.5 Å². The van der Waals surface area contributed by atoms with Crippen LogP contribution in [-0.2, 0) is 6.66 Å². The van der Waals surface area contributed by atoms with E-state index in [-0.39, 0.29) is 7.53 Å². The zero-order chi connectivity index (χ0) is 10.4. The van der Waals surface area contributed by atoms with E-state index in [9.17, 15) is 0 Å². The Morgan fingerprint density at radius 2 is 1.60 bits per heavy atom. The summed E-state index contributed by atoms with van der Waals surface area (Å²) in [5.41, 5.74) is 1.44. The lowest BCUT2D eigenvalue weighted by Crippen LogP contribution is -1.70. The SMILES string of the molecule is Cc1cccc2c3ccccc3p(C)c12. The van der Waals surface area contributed by atoms with Gasteiger partial charge < -0.3 is 0 Å². The summed E-state index contributed by atoms with van der Waals surface area (Å²) in [6.07, 6.45) is 0. The summed E-state index contributed by atoms with van der Waals surface area (Å²) in [6.45, 7) is 4.59. The first-order valence-corrected chi connectivity index (χ1v) is 7.00. The topological polar surface area (TPSA) is 0 Å². The maximum absolute atomic E-state index is 2.37. The summed E-state index contributed by atoms with van der Waals surface area (Å²) in [7, 11) is -0.118. The van der Waals surface area contributed by atoms with Gasteiger partial charge in [-0.15, -0.1) is 7.53 Å². The lowest BCUT2D eigenvalue weighted by molar-refractivity contribution is 1.56. The van der Waals surface area contributed by atoms with Crippen LogP contribution < -0.4 is 0 Å². The first kappa shape index (κ1) is 9.00. The Bertz CT molecular complexity index is 647. The number of aryl methyl sites for hydroxylation is 2. The van der Waals surface area contributed by atoms with Gasteiger partial charge in [0.15, 0.2) is 0 Å². The largest absolute Gasteiger partial charge is 0.112 e. The minimum Gasteiger partial charge on any atom is -0.112 e. The highest BCUT2D eigenvalue weighted by Crippen LogP contribution is 2.47. The third kappa shape index (κ3) is 1.15.